The summed E-state index contributed by atoms with van der Waals surface area (Å²) in [5.74, 6) is 0.0392. The largest absolute Gasteiger partial charge is 0.323 e. The second-order valence-corrected chi connectivity index (χ2v) is 4.71. The van der Waals surface area contributed by atoms with E-state index in [4.69, 9.17) is 0 Å². The van der Waals surface area contributed by atoms with Crippen molar-refractivity contribution in [2.24, 2.45) is 0 Å². The number of nitrogens with one attached hydrogen (secondary N) is 1. The van der Waals surface area contributed by atoms with Crippen LogP contribution in [-0.4, -0.2) is 15.7 Å². The number of aromatic nitrogens is 2. The molecular formula is C15H19N3O. The molecule has 0 aliphatic carbocycles. The van der Waals surface area contributed by atoms with E-state index >= 15 is 0 Å². The summed E-state index contributed by atoms with van der Waals surface area (Å²) in [5, 5.41) is 7.08. The molecule has 19 heavy (non-hydrogen) atoms. The van der Waals surface area contributed by atoms with Crippen LogP contribution in [0.25, 0.3) is 0 Å². The van der Waals surface area contributed by atoms with Gasteiger partial charge in [0.05, 0.1) is 18.4 Å². The fourth-order valence-corrected chi connectivity index (χ4v) is 1.85. The number of carbonyl (C=O) groups is 1. The smallest absolute Gasteiger partial charge is 0.224 e. The Morgan fingerprint density at radius 3 is 2.74 bits per heavy atom. The molecule has 0 saturated heterocycles. The molecular weight excluding hydrogens is 238 g/mol. The molecule has 0 aliphatic heterocycles. The minimum atomic E-state index is 0.0392. The van der Waals surface area contributed by atoms with Crippen LogP contribution >= 0.6 is 0 Å². The van der Waals surface area contributed by atoms with Crippen molar-refractivity contribution in [1.29, 1.82) is 0 Å². The zero-order valence-electron chi connectivity index (χ0n) is 11.4. The third-order valence-corrected chi connectivity index (χ3v) is 2.86. The predicted molar refractivity (Wildman–Crippen MR) is 76.0 cm³/mol. The first kappa shape index (κ1) is 13.3. The van der Waals surface area contributed by atoms with Crippen LogP contribution in [0.5, 0.6) is 0 Å². The molecule has 1 aromatic carbocycles. The van der Waals surface area contributed by atoms with E-state index in [0.717, 1.165) is 12.1 Å². The van der Waals surface area contributed by atoms with Crippen LogP contribution in [0.1, 0.15) is 30.9 Å². The monoisotopic (exact) mass is 257 g/mol. The average Bonchev–Trinajstić information content (AvgIpc) is 2.80. The molecule has 0 bridgehead atoms. The van der Waals surface area contributed by atoms with E-state index < -0.39 is 0 Å². The van der Waals surface area contributed by atoms with Gasteiger partial charge in [0.15, 0.2) is 0 Å². The first-order valence-electron chi connectivity index (χ1n) is 6.55. The fourth-order valence-electron chi connectivity index (χ4n) is 1.85. The fraction of sp³-hybridized carbons (Fsp3) is 0.333. The summed E-state index contributed by atoms with van der Waals surface area (Å²) in [6.07, 6.45) is 4.93. The van der Waals surface area contributed by atoms with Gasteiger partial charge in [-0.1, -0.05) is 36.8 Å². The van der Waals surface area contributed by atoms with Crippen molar-refractivity contribution in [3.63, 3.8) is 0 Å². The van der Waals surface area contributed by atoms with E-state index in [1.165, 1.54) is 11.1 Å². The van der Waals surface area contributed by atoms with Crippen LogP contribution in [0.4, 0.5) is 5.69 Å². The van der Waals surface area contributed by atoms with Crippen LogP contribution in [0.3, 0.4) is 0 Å². The maximum Gasteiger partial charge on any atom is 0.224 e. The summed E-state index contributed by atoms with van der Waals surface area (Å²) in [7, 11) is 0. The van der Waals surface area contributed by atoms with Crippen molar-refractivity contribution < 1.29 is 4.79 Å². The number of hydrogen-bond acceptors (Lipinski definition) is 2. The summed E-state index contributed by atoms with van der Waals surface area (Å²) in [5.41, 5.74) is 3.20. The Morgan fingerprint density at radius 1 is 1.32 bits per heavy atom. The van der Waals surface area contributed by atoms with E-state index in [9.17, 15) is 4.79 Å². The summed E-state index contributed by atoms with van der Waals surface area (Å²) >= 11 is 0. The third-order valence-electron chi connectivity index (χ3n) is 2.86. The van der Waals surface area contributed by atoms with Gasteiger partial charge in [0, 0.05) is 12.6 Å². The Morgan fingerprint density at radius 2 is 2.05 bits per heavy atom. The van der Waals surface area contributed by atoms with Gasteiger partial charge in [-0.25, -0.2) is 0 Å². The summed E-state index contributed by atoms with van der Waals surface area (Å²) < 4.78 is 1.83. The SMILES string of the molecule is CCCC(=O)Nc1cnn(Cc2ccc(C)cc2)c1. The Kier molecular flexibility index (Phi) is 4.34. The summed E-state index contributed by atoms with van der Waals surface area (Å²) in [4.78, 5) is 11.5. The molecule has 0 atom stereocenters. The third kappa shape index (κ3) is 3.95. The molecule has 2 aromatic rings. The van der Waals surface area contributed by atoms with Crippen molar-refractivity contribution in [2.45, 2.75) is 33.2 Å². The molecule has 2 rings (SSSR count). The van der Waals surface area contributed by atoms with Gasteiger partial charge < -0.3 is 5.32 Å². The van der Waals surface area contributed by atoms with Crippen LogP contribution in [-0.2, 0) is 11.3 Å². The summed E-state index contributed by atoms with van der Waals surface area (Å²) in [6, 6.07) is 8.35. The maximum absolute atomic E-state index is 11.5. The molecule has 1 heterocycles. The Bertz CT molecular complexity index is 543. The van der Waals surface area contributed by atoms with E-state index in [2.05, 4.69) is 41.6 Å². The normalized spacial score (nSPS) is 10.4. The van der Waals surface area contributed by atoms with Crippen LogP contribution in [0, 0.1) is 6.92 Å². The van der Waals surface area contributed by atoms with E-state index in [1.807, 2.05) is 17.8 Å². The van der Waals surface area contributed by atoms with E-state index in [-0.39, 0.29) is 5.91 Å². The first-order valence-corrected chi connectivity index (χ1v) is 6.55. The highest BCUT2D eigenvalue weighted by atomic mass is 16.1. The highest BCUT2D eigenvalue weighted by molar-refractivity contribution is 5.90. The second-order valence-electron chi connectivity index (χ2n) is 4.71. The predicted octanol–water partition coefficient (Wildman–Crippen LogP) is 2.98. The van der Waals surface area contributed by atoms with Crippen LogP contribution in [0.15, 0.2) is 36.7 Å². The number of rotatable bonds is 5. The minimum absolute atomic E-state index is 0.0392. The highest BCUT2D eigenvalue weighted by Crippen LogP contribution is 2.09. The topological polar surface area (TPSA) is 46.9 Å². The lowest BCUT2D eigenvalue weighted by Gasteiger charge is -2.02. The molecule has 0 fully saturated rings. The average molecular weight is 257 g/mol. The lowest BCUT2D eigenvalue weighted by atomic mass is 10.1. The maximum atomic E-state index is 11.5. The lowest BCUT2D eigenvalue weighted by molar-refractivity contribution is -0.116. The molecule has 100 valence electrons. The molecule has 4 nitrogen and oxygen atoms in total. The molecule has 4 heteroatoms. The molecule has 0 unspecified atom stereocenters. The van der Waals surface area contributed by atoms with Gasteiger partial charge >= 0.3 is 0 Å². The molecule has 0 aliphatic rings. The number of carbonyl (C=O) groups excluding carboxylic acids is 1. The molecule has 0 saturated carbocycles. The highest BCUT2D eigenvalue weighted by Gasteiger charge is 2.03. The number of benzene rings is 1. The van der Waals surface area contributed by atoms with Crippen molar-refractivity contribution in [2.75, 3.05) is 5.32 Å². The lowest BCUT2D eigenvalue weighted by Crippen LogP contribution is -2.09. The number of anilines is 1. The van der Waals surface area contributed by atoms with Crippen molar-refractivity contribution in [3.05, 3.63) is 47.8 Å². The Balaban J connectivity index is 1.97. The number of hydrogen-bond donors (Lipinski definition) is 1. The van der Waals surface area contributed by atoms with Gasteiger partial charge in [-0.15, -0.1) is 0 Å². The standard InChI is InChI=1S/C15H19N3O/c1-3-4-15(19)17-14-9-16-18(11-14)10-13-7-5-12(2)6-8-13/h5-9,11H,3-4,10H2,1-2H3,(H,17,19). The second kappa shape index (κ2) is 6.18. The molecule has 0 spiro atoms. The zero-order chi connectivity index (χ0) is 13.7. The molecule has 1 aromatic heterocycles. The van der Waals surface area contributed by atoms with Gasteiger partial charge in [-0.2, -0.15) is 5.10 Å². The van der Waals surface area contributed by atoms with Gasteiger partial charge in [0.25, 0.3) is 0 Å². The van der Waals surface area contributed by atoms with Gasteiger partial charge in [0.2, 0.25) is 5.91 Å². The quantitative estimate of drug-likeness (QED) is 0.895. The van der Waals surface area contributed by atoms with Gasteiger partial charge in [0.1, 0.15) is 0 Å². The number of amides is 1. The summed E-state index contributed by atoms with van der Waals surface area (Å²) in [6.45, 7) is 4.77. The van der Waals surface area contributed by atoms with E-state index in [1.54, 1.807) is 6.20 Å². The Hall–Kier alpha value is -2.10. The minimum Gasteiger partial charge on any atom is -0.323 e. The van der Waals surface area contributed by atoms with Crippen molar-refractivity contribution in [3.8, 4) is 0 Å². The van der Waals surface area contributed by atoms with Crippen molar-refractivity contribution >= 4 is 11.6 Å². The van der Waals surface area contributed by atoms with Crippen LogP contribution in [0.2, 0.25) is 0 Å². The number of nitrogens with zero attached hydrogens (tertiary/aromatic N) is 2. The van der Waals surface area contributed by atoms with Crippen LogP contribution < -0.4 is 5.32 Å². The molecule has 1 N–H and O–H groups in total. The van der Waals surface area contributed by atoms with Gasteiger partial charge in [-0.3, -0.25) is 9.48 Å². The van der Waals surface area contributed by atoms with Gasteiger partial charge in [-0.05, 0) is 18.9 Å². The number of aryl methyl sites for hydroxylation is 1. The Labute approximate surface area is 113 Å². The molecule has 0 radical (unpaired) electrons. The molecule has 1 amide bonds. The van der Waals surface area contributed by atoms with Crippen molar-refractivity contribution in [1.82, 2.24) is 9.78 Å². The zero-order valence-corrected chi connectivity index (χ0v) is 11.4. The first-order chi connectivity index (χ1) is 9.17. The van der Waals surface area contributed by atoms with E-state index in [0.29, 0.717) is 13.0 Å².